The molecule has 1 heterocycles. The van der Waals surface area contributed by atoms with E-state index in [0.29, 0.717) is 12.5 Å². The summed E-state index contributed by atoms with van der Waals surface area (Å²) in [4.78, 5) is 4.25. The van der Waals surface area contributed by atoms with E-state index < -0.39 is 0 Å². The Morgan fingerprint density at radius 2 is 2.20 bits per heavy atom. The number of nitrogens with one attached hydrogen (secondary N) is 1. The van der Waals surface area contributed by atoms with Crippen LogP contribution < -0.4 is 5.32 Å². The molecule has 0 saturated carbocycles. The van der Waals surface area contributed by atoms with Gasteiger partial charge in [-0.3, -0.25) is 4.98 Å². The first kappa shape index (κ1) is 12.6. The Balaban J connectivity index is 2.45. The second-order valence-electron chi connectivity index (χ2n) is 3.88. The molecule has 0 fully saturated rings. The molecule has 0 aromatic carbocycles. The van der Waals surface area contributed by atoms with Gasteiger partial charge in [-0.2, -0.15) is 0 Å². The van der Waals surface area contributed by atoms with Crippen LogP contribution in [0.25, 0.3) is 0 Å². The van der Waals surface area contributed by atoms with E-state index in [1.807, 2.05) is 12.1 Å². The third-order valence-corrected chi connectivity index (χ3v) is 2.80. The van der Waals surface area contributed by atoms with E-state index in [9.17, 15) is 0 Å². The highest BCUT2D eigenvalue weighted by Gasteiger charge is 2.10. The molecule has 1 atom stereocenters. The largest absolute Gasteiger partial charge is 0.395 e. The minimum atomic E-state index is 0.135. The van der Waals surface area contributed by atoms with Gasteiger partial charge in [0.25, 0.3) is 0 Å². The Kier molecular flexibility index (Phi) is 5.22. The molecule has 0 aliphatic carbocycles. The van der Waals surface area contributed by atoms with Crippen LogP contribution in [0.3, 0.4) is 0 Å². The van der Waals surface area contributed by atoms with E-state index in [2.05, 4.69) is 40.1 Å². The Morgan fingerprint density at radius 3 is 2.67 bits per heavy atom. The molecule has 0 amide bonds. The van der Waals surface area contributed by atoms with Crippen LogP contribution in [0.4, 0.5) is 0 Å². The van der Waals surface area contributed by atoms with Gasteiger partial charge in [-0.25, -0.2) is 0 Å². The van der Waals surface area contributed by atoms with Crippen LogP contribution >= 0.6 is 15.9 Å². The van der Waals surface area contributed by atoms with Crippen molar-refractivity contribution in [3.63, 3.8) is 0 Å². The van der Waals surface area contributed by atoms with Gasteiger partial charge in [-0.15, -0.1) is 0 Å². The number of nitrogens with zero attached hydrogens (tertiary/aromatic N) is 1. The van der Waals surface area contributed by atoms with Crippen molar-refractivity contribution in [2.24, 2.45) is 5.92 Å². The molecule has 1 aromatic heterocycles. The molecular formula is C11H17BrN2O. The summed E-state index contributed by atoms with van der Waals surface area (Å²) >= 11 is 3.34. The monoisotopic (exact) mass is 272 g/mol. The topological polar surface area (TPSA) is 45.1 Å². The molecule has 0 radical (unpaired) electrons. The molecule has 0 spiro atoms. The zero-order valence-corrected chi connectivity index (χ0v) is 10.7. The van der Waals surface area contributed by atoms with Gasteiger partial charge in [0.05, 0.1) is 12.3 Å². The van der Waals surface area contributed by atoms with Gasteiger partial charge in [-0.1, -0.05) is 13.8 Å². The summed E-state index contributed by atoms with van der Waals surface area (Å²) in [6.07, 6.45) is 1.78. The summed E-state index contributed by atoms with van der Waals surface area (Å²) in [5.41, 5.74) is 0.984. The zero-order valence-electron chi connectivity index (χ0n) is 9.07. The Hall–Kier alpha value is -0.450. The third kappa shape index (κ3) is 4.28. The fourth-order valence-electron chi connectivity index (χ4n) is 1.26. The van der Waals surface area contributed by atoms with Crippen molar-refractivity contribution in [1.29, 1.82) is 0 Å². The maximum atomic E-state index is 9.13. The number of aliphatic hydroxyl groups excluding tert-OH is 1. The normalized spacial score (nSPS) is 13.1. The Bertz CT molecular complexity index is 287. The van der Waals surface area contributed by atoms with Gasteiger partial charge >= 0.3 is 0 Å². The molecule has 15 heavy (non-hydrogen) atoms. The van der Waals surface area contributed by atoms with E-state index >= 15 is 0 Å². The lowest BCUT2D eigenvalue weighted by Gasteiger charge is -2.19. The number of hydrogen-bond donors (Lipinski definition) is 2. The number of hydrogen-bond acceptors (Lipinski definition) is 3. The highest BCUT2D eigenvalue weighted by molar-refractivity contribution is 9.10. The van der Waals surface area contributed by atoms with Crippen molar-refractivity contribution in [2.75, 3.05) is 6.61 Å². The average Bonchev–Trinajstić information content (AvgIpc) is 2.21. The summed E-state index contributed by atoms with van der Waals surface area (Å²) in [6, 6.07) is 4.06. The maximum Gasteiger partial charge on any atom is 0.0587 e. The van der Waals surface area contributed by atoms with Crippen LogP contribution in [0.2, 0.25) is 0 Å². The molecule has 4 heteroatoms. The average molecular weight is 273 g/mol. The molecule has 1 unspecified atom stereocenters. The highest BCUT2D eigenvalue weighted by atomic mass is 79.9. The van der Waals surface area contributed by atoms with Gasteiger partial charge < -0.3 is 10.4 Å². The molecule has 0 aliphatic rings. The summed E-state index contributed by atoms with van der Waals surface area (Å²) in [6.45, 7) is 5.02. The fourth-order valence-corrected chi connectivity index (χ4v) is 1.49. The third-order valence-electron chi connectivity index (χ3n) is 2.34. The molecular weight excluding hydrogens is 256 g/mol. The van der Waals surface area contributed by atoms with Gasteiger partial charge in [0, 0.05) is 23.3 Å². The van der Waals surface area contributed by atoms with E-state index in [1.54, 1.807) is 6.20 Å². The number of aliphatic hydroxyl groups is 1. The van der Waals surface area contributed by atoms with E-state index in [0.717, 1.165) is 10.2 Å². The summed E-state index contributed by atoms with van der Waals surface area (Å²) in [5, 5.41) is 12.4. The SMILES string of the molecule is CC(C)C(CO)NCc1ccc(Br)cn1. The van der Waals surface area contributed by atoms with Crippen molar-refractivity contribution < 1.29 is 5.11 Å². The van der Waals surface area contributed by atoms with Crippen molar-refractivity contribution in [3.05, 3.63) is 28.5 Å². The summed E-state index contributed by atoms with van der Waals surface area (Å²) in [5.74, 6) is 0.422. The molecule has 84 valence electrons. The second-order valence-corrected chi connectivity index (χ2v) is 4.80. The van der Waals surface area contributed by atoms with Gasteiger partial charge in [0.1, 0.15) is 0 Å². The predicted octanol–water partition coefficient (Wildman–Crippen LogP) is 1.95. The van der Waals surface area contributed by atoms with Gasteiger partial charge in [-0.05, 0) is 34.0 Å². The first-order valence-electron chi connectivity index (χ1n) is 5.08. The van der Waals surface area contributed by atoms with Gasteiger partial charge in [0.2, 0.25) is 0 Å². The lowest BCUT2D eigenvalue weighted by Crippen LogP contribution is -2.36. The molecule has 0 bridgehead atoms. The zero-order chi connectivity index (χ0) is 11.3. The minimum Gasteiger partial charge on any atom is -0.395 e. The van der Waals surface area contributed by atoms with Crippen LogP contribution in [0.1, 0.15) is 19.5 Å². The lowest BCUT2D eigenvalue weighted by atomic mass is 10.1. The molecule has 3 nitrogen and oxygen atoms in total. The standard InChI is InChI=1S/C11H17BrN2O/c1-8(2)11(7-15)14-6-10-4-3-9(12)5-13-10/h3-5,8,11,14-15H,6-7H2,1-2H3. The van der Waals surface area contributed by atoms with E-state index in [1.165, 1.54) is 0 Å². The summed E-state index contributed by atoms with van der Waals surface area (Å²) in [7, 11) is 0. The van der Waals surface area contributed by atoms with Gasteiger partial charge in [0.15, 0.2) is 0 Å². The predicted molar refractivity (Wildman–Crippen MR) is 64.5 cm³/mol. The van der Waals surface area contributed by atoms with Crippen molar-refractivity contribution in [1.82, 2.24) is 10.3 Å². The highest BCUT2D eigenvalue weighted by Crippen LogP contribution is 2.08. The van der Waals surface area contributed by atoms with E-state index in [-0.39, 0.29) is 12.6 Å². The number of aromatic nitrogens is 1. The first-order valence-corrected chi connectivity index (χ1v) is 5.87. The van der Waals surface area contributed by atoms with Crippen LogP contribution in [-0.4, -0.2) is 22.7 Å². The molecule has 0 aliphatic heterocycles. The molecule has 1 rings (SSSR count). The fraction of sp³-hybridized carbons (Fsp3) is 0.545. The second kappa shape index (κ2) is 6.20. The molecule has 0 saturated heterocycles. The number of halogens is 1. The minimum absolute atomic E-state index is 0.135. The number of rotatable bonds is 5. The Labute approximate surface area is 99.1 Å². The van der Waals surface area contributed by atoms with Crippen molar-refractivity contribution in [2.45, 2.75) is 26.4 Å². The molecule has 1 aromatic rings. The van der Waals surface area contributed by atoms with E-state index in [4.69, 9.17) is 5.11 Å². The lowest BCUT2D eigenvalue weighted by molar-refractivity contribution is 0.209. The van der Waals surface area contributed by atoms with Crippen molar-refractivity contribution in [3.8, 4) is 0 Å². The van der Waals surface area contributed by atoms with Crippen LogP contribution in [-0.2, 0) is 6.54 Å². The maximum absolute atomic E-state index is 9.13. The van der Waals surface area contributed by atoms with Crippen LogP contribution in [0.15, 0.2) is 22.8 Å². The number of pyridine rings is 1. The summed E-state index contributed by atoms with van der Waals surface area (Å²) < 4.78 is 0.980. The van der Waals surface area contributed by atoms with Crippen molar-refractivity contribution >= 4 is 15.9 Å². The van der Waals surface area contributed by atoms with Crippen LogP contribution in [0.5, 0.6) is 0 Å². The quantitative estimate of drug-likeness (QED) is 0.862. The first-order chi connectivity index (χ1) is 7.13. The smallest absolute Gasteiger partial charge is 0.0587 e. The van der Waals surface area contributed by atoms with Crippen LogP contribution in [0, 0.1) is 5.92 Å². The Morgan fingerprint density at radius 1 is 1.47 bits per heavy atom. The molecule has 2 N–H and O–H groups in total.